The van der Waals surface area contributed by atoms with E-state index in [9.17, 15) is 9.59 Å². The van der Waals surface area contributed by atoms with E-state index in [0.717, 1.165) is 17.0 Å². The van der Waals surface area contributed by atoms with Crippen LogP contribution < -0.4 is 15.0 Å². The molecule has 0 spiro atoms. The normalized spacial score (nSPS) is 10.3. The van der Waals surface area contributed by atoms with E-state index in [-0.39, 0.29) is 18.2 Å². The quantitative estimate of drug-likeness (QED) is 0.764. The van der Waals surface area contributed by atoms with Crippen LogP contribution in [0.3, 0.4) is 0 Å². The van der Waals surface area contributed by atoms with Crippen molar-refractivity contribution in [2.75, 3.05) is 18.1 Å². The zero-order valence-electron chi connectivity index (χ0n) is 15.0. The first-order valence-electron chi connectivity index (χ1n) is 8.52. The largest absolute Gasteiger partial charge is 0.494 e. The molecular weight excluding hydrogens is 352 g/mol. The third kappa shape index (κ3) is 5.77. The molecule has 2 aromatic rings. The molecule has 0 saturated carbocycles. The van der Waals surface area contributed by atoms with Crippen molar-refractivity contribution in [2.45, 2.75) is 26.8 Å². The topological polar surface area (TPSA) is 58.6 Å². The van der Waals surface area contributed by atoms with Gasteiger partial charge in [-0.05, 0) is 42.8 Å². The van der Waals surface area contributed by atoms with Crippen LogP contribution in [0.4, 0.5) is 5.69 Å². The fourth-order valence-electron chi connectivity index (χ4n) is 2.49. The highest BCUT2D eigenvalue weighted by Gasteiger charge is 2.14. The monoisotopic (exact) mass is 374 g/mol. The van der Waals surface area contributed by atoms with Crippen molar-refractivity contribution in [1.82, 2.24) is 5.32 Å². The Kier molecular flexibility index (Phi) is 7.48. The van der Waals surface area contributed by atoms with Crippen molar-refractivity contribution in [1.29, 1.82) is 0 Å². The van der Waals surface area contributed by atoms with Crippen molar-refractivity contribution in [3.8, 4) is 5.75 Å². The molecule has 6 heteroatoms. The van der Waals surface area contributed by atoms with Crippen LogP contribution in [-0.2, 0) is 16.1 Å². The van der Waals surface area contributed by atoms with Gasteiger partial charge >= 0.3 is 0 Å². The molecule has 0 bridgehead atoms. The zero-order chi connectivity index (χ0) is 18.9. The summed E-state index contributed by atoms with van der Waals surface area (Å²) in [5, 5.41) is 3.45. The minimum Gasteiger partial charge on any atom is -0.494 e. The maximum atomic E-state index is 12.1. The van der Waals surface area contributed by atoms with Crippen LogP contribution in [0, 0.1) is 0 Å². The highest BCUT2D eigenvalue weighted by Crippen LogP contribution is 2.20. The lowest BCUT2D eigenvalue weighted by Gasteiger charge is -2.21. The van der Waals surface area contributed by atoms with Crippen molar-refractivity contribution in [3.63, 3.8) is 0 Å². The fraction of sp³-hybridized carbons (Fsp3) is 0.300. The van der Waals surface area contributed by atoms with E-state index in [2.05, 4.69) is 5.32 Å². The van der Waals surface area contributed by atoms with Gasteiger partial charge in [-0.25, -0.2) is 0 Å². The second kappa shape index (κ2) is 9.82. The summed E-state index contributed by atoms with van der Waals surface area (Å²) < 4.78 is 5.40. The first-order chi connectivity index (χ1) is 12.5. The molecule has 0 aliphatic heterocycles. The number of hydrogen-bond acceptors (Lipinski definition) is 3. The van der Waals surface area contributed by atoms with Gasteiger partial charge in [0, 0.05) is 37.1 Å². The molecule has 2 rings (SSSR count). The molecule has 0 radical (unpaired) electrons. The lowest BCUT2D eigenvalue weighted by Crippen LogP contribution is -2.33. The highest BCUT2D eigenvalue weighted by atomic mass is 35.5. The summed E-state index contributed by atoms with van der Waals surface area (Å²) in [7, 11) is 0. The summed E-state index contributed by atoms with van der Waals surface area (Å²) in [5.74, 6) is 0.493. The second-order valence-corrected chi connectivity index (χ2v) is 6.12. The highest BCUT2D eigenvalue weighted by molar-refractivity contribution is 6.31. The van der Waals surface area contributed by atoms with Gasteiger partial charge in [-0.1, -0.05) is 29.8 Å². The van der Waals surface area contributed by atoms with Gasteiger partial charge in [0.2, 0.25) is 11.8 Å². The molecule has 0 fully saturated rings. The number of anilines is 1. The molecule has 2 aromatic carbocycles. The summed E-state index contributed by atoms with van der Waals surface area (Å²) in [6, 6.07) is 14.6. The summed E-state index contributed by atoms with van der Waals surface area (Å²) >= 11 is 6.08. The molecule has 0 saturated heterocycles. The number of hydrogen-bond donors (Lipinski definition) is 1. The van der Waals surface area contributed by atoms with Gasteiger partial charge in [-0.2, -0.15) is 0 Å². The molecule has 0 heterocycles. The van der Waals surface area contributed by atoms with Crippen LogP contribution in [0.25, 0.3) is 0 Å². The molecule has 26 heavy (non-hydrogen) atoms. The summed E-state index contributed by atoms with van der Waals surface area (Å²) in [4.78, 5) is 25.6. The van der Waals surface area contributed by atoms with Gasteiger partial charge in [0.15, 0.2) is 0 Å². The molecule has 2 amide bonds. The predicted molar refractivity (Wildman–Crippen MR) is 104 cm³/mol. The number of ether oxygens (including phenoxy) is 1. The number of benzene rings is 2. The second-order valence-electron chi connectivity index (χ2n) is 5.72. The molecule has 0 unspecified atom stereocenters. The SMILES string of the molecule is CCOc1ccc(N(CCC(=O)NCc2ccccc2Cl)C(C)=O)cc1. The maximum Gasteiger partial charge on any atom is 0.223 e. The summed E-state index contributed by atoms with van der Waals surface area (Å²) in [5.41, 5.74) is 1.59. The van der Waals surface area contributed by atoms with Gasteiger partial charge in [-0.3, -0.25) is 9.59 Å². The van der Waals surface area contributed by atoms with E-state index >= 15 is 0 Å². The number of carbonyl (C=O) groups is 2. The van der Waals surface area contributed by atoms with E-state index in [1.807, 2.05) is 49.4 Å². The number of nitrogens with zero attached hydrogens (tertiary/aromatic N) is 1. The Labute approximate surface area is 158 Å². The van der Waals surface area contributed by atoms with Crippen LogP contribution in [0.15, 0.2) is 48.5 Å². The molecular formula is C20H23ClN2O3. The average Bonchev–Trinajstić information content (AvgIpc) is 2.62. The van der Waals surface area contributed by atoms with E-state index in [1.54, 1.807) is 11.0 Å². The number of nitrogens with one attached hydrogen (secondary N) is 1. The third-order valence-corrected chi connectivity index (χ3v) is 4.20. The van der Waals surface area contributed by atoms with Crippen molar-refractivity contribution < 1.29 is 14.3 Å². The zero-order valence-corrected chi connectivity index (χ0v) is 15.8. The molecule has 0 aliphatic rings. The van der Waals surface area contributed by atoms with E-state index in [0.29, 0.717) is 24.7 Å². The van der Waals surface area contributed by atoms with Gasteiger partial charge in [-0.15, -0.1) is 0 Å². The van der Waals surface area contributed by atoms with Gasteiger partial charge < -0.3 is 15.0 Å². The Morgan fingerprint density at radius 1 is 1.12 bits per heavy atom. The number of amides is 2. The Morgan fingerprint density at radius 3 is 2.42 bits per heavy atom. The first-order valence-corrected chi connectivity index (χ1v) is 8.90. The Morgan fingerprint density at radius 2 is 1.81 bits per heavy atom. The molecule has 138 valence electrons. The van der Waals surface area contributed by atoms with Crippen molar-refractivity contribution in [3.05, 3.63) is 59.1 Å². The van der Waals surface area contributed by atoms with Crippen LogP contribution in [-0.4, -0.2) is 25.0 Å². The Bertz CT molecular complexity index is 747. The molecule has 0 aliphatic carbocycles. The van der Waals surface area contributed by atoms with E-state index in [4.69, 9.17) is 16.3 Å². The van der Waals surface area contributed by atoms with Crippen molar-refractivity contribution in [2.24, 2.45) is 0 Å². The predicted octanol–water partition coefficient (Wildman–Crippen LogP) is 3.80. The summed E-state index contributed by atoms with van der Waals surface area (Å²) in [6.07, 6.45) is 0.206. The average molecular weight is 375 g/mol. The van der Waals surface area contributed by atoms with E-state index in [1.165, 1.54) is 6.92 Å². The molecule has 5 nitrogen and oxygen atoms in total. The molecule has 0 atom stereocenters. The molecule has 0 aromatic heterocycles. The number of rotatable bonds is 8. The van der Waals surface area contributed by atoms with Crippen LogP contribution in [0.2, 0.25) is 5.02 Å². The molecule has 1 N–H and O–H groups in total. The minimum atomic E-state index is -0.137. The van der Waals surface area contributed by atoms with Crippen LogP contribution in [0.5, 0.6) is 5.75 Å². The maximum absolute atomic E-state index is 12.1. The summed E-state index contributed by atoms with van der Waals surface area (Å²) in [6.45, 7) is 4.65. The van der Waals surface area contributed by atoms with Gasteiger partial charge in [0.1, 0.15) is 5.75 Å². The standard InChI is InChI=1S/C20H23ClN2O3/c1-3-26-18-10-8-17(9-11-18)23(15(2)24)13-12-20(25)22-14-16-6-4-5-7-19(16)21/h4-11H,3,12-14H2,1-2H3,(H,22,25). The van der Waals surface area contributed by atoms with Crippen LogP contribution >= 0.6 is 11.6 Å². The number of halogens is 1. The fourth-order valence-corrected chi connectivity index (χ4v) is 2.70. The smallest absolute Gasteiger partial charge is 0.223 e. The minimum absolute atomic E-state index is 0.118. The number of carbonyl (C=O) groups excluding carboxylic acids is 2. The van der Waals surface area contributed by atoms with Crippen LogP contribution in [0.1, 0.15) is 25.8 Å². The Hall–Kier alpha value is -2.53. The van der Waals surface area contributed by atoms with Crippen molar-refractivity contribution >= 4 is 29.1 Å². The lowest BCUT2D eigenvalue weighted by molar-refractivity contribution is -0.121. The van der Waals surface area contributed by atoms with Gasteiger partial charge in [0.05, 0.1) is 6.61 Å². The first kappa shape index (κ1) is 19.8. The Balaban J connectivity index is 1.90. The lowest BCUT2D eigenvalue weighted by atomic mass is 10.2. The third-order valence-electron chi connectivity index (χ3n) is 3.84. The van der Waals surface area contributed by atoms with Gasteiger partial charge in [0.25, 0.3) is 0 Å². The van der Waals surface area contributed by atoms with E-state index < -0.39 is 0 Å².